The van der Waals surface area contributed by atoms with Crippen molar-refractivity contribution < 1.29 is 55.4 Å². The van der Waals surface area contributed by atoms with Crippen molar-refractivity contribution in [3.63, 3.8) is 0 Å². The van der Waals surface area contributed by atoms with Crippen LogP contribution in [0.1, 0.15) is 45.4 Å². The molecule has 0 amide bonds. The summed E-state index contributed by atoms with van der Waals surface area (Å²) in [5.41, 5.74) is 11.0. The van der Waals surface area contributed by atoms with E-state index in [0.29, 0.717) is 19.6 Å². The van der Waals surface area contributed by atoms with Gasteiger partial charge in [0.15, 0.2) is 6.23 Å². The Labute approximate surface area is 139 Å². The molecular weight excluding hydrogens is 367 g/mol. The Morgan fingerprint density at radius 1 is 1.24 bits per heavy atom. The van der Waals surface area contributed by atoms with Gasteiger partial charge in [-0.1, -0.05) is 19.8 Å². The summed E-state index contributed by atoms with van der Waals surface area (Å²) in [5, 5.41) is 0. The van der Waals surface area contributed by atoms with Gasteiger partial charge in [-0.2, -0.15) is 0 Å². The number of rotatable bonds is 11. The third-order valence-electron chi connectivity index (χ3n) is 2.11. The van der Waals surface area contributed by atoms with Gasteiger partial charge in [-0.05, 0) is 32.2 Å². The fourth-order valence-electron chi connectivity index (χ4n) is 1.14. The molecule has 0 bridgehead atoms. The molecule has 4 N–H and O–H groups in total. The summed E-state index contributed by atoms with van der Waals surface area (Å²) >= 11 is 0. The maximum atomic E-state index is 11.2. The Bertz CT molecular complexity index is 187. The first-order valence-corrected chi connectivity index (χ1v) is 7.02. The van der Waals surface area contributed by atoms with Crippen molar-refractivity contribution in [2.75, 3.05) is 13.2 Å². The van der Waals surface area contributed by atoms with E-state index in [2.05, 4.69) is 0 Å². The summed E-state index contributed by atoms with van der Waals surface area (Å²) < 4.78 is 21.2. The Morgan fingerprint density at radius 2 is 1.94 bits per heavy atom. The van der Waals surface area contributed by atoms with Gasteiger partial charge in [0.25, 0.3) is 0 Å². The topological polar surface area (TPSA) is 87.6 Å². The van der Waals surface area contributed by atoms with Gasteiger partial charge >= 0.3 is 8.25 Å². The molecule has 100 valence electrons. The molecule has 2 unspecified atom stereocenters. The molecule has 7 heteroatoms. The van der Waals surface area contributed by atoms with Crippen LogP contribution in [0.15, 0.2) is 0 Å². The molecule has 0 aliphatic carbocycles. The van der Waals surface area contributed by atoms with Crippen molar-refractivity contribution in [2.45, 2.75) is 51.7 Å². The van der Waals surface area contributed by atoms with E-state index in [0.717, 1.165) is 32.1 Å². The molecule has 0 fully saturated rings. The van der Waals surface area contributed by atoms with Crippen molar-refractivity contribution in [3.8, 4) is 0 Å². The molecule has 0 aromatic heterocycles. The van der Waals surface area contributed by atoms with Crippen LogP contribution in [0, 0.1) is 41.7 Å². The van der Waals surface area contributed by atoms with E-state index < -0.39 is 14.5 Å². The van der Waals surface area contributed by atoms with Gasteiger partial charge in [-0.3, -0.25) is 0 Å². The van der Waals surface area contributed by atoms with Crippen molar-refractivity contribution >= 4 is 8.25 Å². The molecule has 0 aliphatic heterocycles. The number of nitrogens with two attached hydrogens (primary N) is 2. The van der Waals surface area contributed by atoms with Gasteiger partial charge in [-0.25, -0.2) is 0 Å². The van der Waals surface area contributed by atoms with E-state index in [9.17, 15) is 4.57 Å². The zero-order valence-electron chi connectivity index (χ0n) is 10.6. The van der Waals surface area contributed by atoms with Crippen LogP contribution in [-0.2, 0) is 13.6 Å². The number of hydrogen-bond donors (Lipinski definition) is 2. The number of hydrogen-bond acceptors (Lipinski definition) is 5. The third-order valence-corrected chi connectivity index (χ3v) is 2.95. The Hall–Kier alpha value is 1.32. The fraction of sp³-hybridized carbons (Fsp3) is 1.00. The summed E-state index contributed by atoms with van der Waals surface area (Å²) in [6.45, 7) is 3.20. The normalized spacial score (nSPS) is 13.0. The molecule has 0 heterocycles. The molecular formula is C10H24CeN2O3P+. The van der Waals surface area contributed by atoms with Crippen molar-refractivity contribution in [1.82, 2.24) is 0 Å². The van der Waals surface area contributed by atoms with E-state index in [1.807, 2.05) is 6.92 Å². The standard InChI is InChI=1S/C10H24N2O3P.Ce/c1-2-3-9-14-16(13)15-10(12)7-5-4-6-8-11;/h10H,2-9,11-12H2,1H3;/q+1;. The summed E-state index contributed by atoms with van der Waals surface area (Å²) in [7, 11) is -2.06. The largest absolute Gasteiger partial charge is 0.699 e. The van der Waals surface area contributed by atoms with Gasteiger partial charge in [0.1, 0.15) is 6.61 Å². The minimum absolute atomic E-state index is 0. The second-order valence-corrected chi connectivity index (χ2v) is 4.61. The van der Waals surface area contributed by atoms with Crippen molar-refractivity contribution in [3.05, 3.63) is 0 Å². The molecule has 0 saturated carbocycles. The summed E-state index contributed by atoms with van der Waals surface area (Å²) in [4.78, 5) is 0. The minimum atomic E-state index is -2.06. The molecule has 0 aliphatic rings. The van der Waals surface area contributed by atoms with Crippen LogP contribution >= 0.6 is 8.25 Å². The van der Waals surface area contributed by atoms with Gasteiger partial charge < -0.3 is 11.5 Å². The summed E-state index contributed by atoms with van der Waals surface area (Å²) in [6.07, 6.45) is 5.05. The maximum absolute atomic E-state index is 11.2. The van der Waals surface area contributed by atoms with Gasteiger partial charge in [0.2, 0.25) is 0 Å². The predicted molar refractivity (Wildman–Crippen MR) is 65.0 cm³/mol. The second-order valence-electron chi connectivity index (χ2n) is 3.69. The number of unbranched alkanes of at least 4 members (excludes halogenated alkanes) is 3. The quantitative estimate of drug-likeness (QED) is 0.321. The Kier molecular flexibility index (Phi) is 18.7. The zero-order chi connectivity index (χ0) is 12.2. The molecule has 0 aromatic carbocycles. The molecule has 0 radical (unpaired) electrons. The first kappa shape index (κ1) is 20.6. The molecule has 2 atom stereocenters. The third kappa shape index (κ3) is 15.3. The van der Waals surface area contributed by atoms with Crippen molar-refractivity contribution in [2.24, 2.45) is 11.5 Å². The zero-order valence-corrected chi connectivity index (χ0v) is 14.6. The first-order chi connectivity index (χ1) is 7.70. The molecule has 17 heavy (non-hydrogen) atoms. The van der Waals surface area contributed by atoms with Crippen LogP contribution < -0.4 is 11.5 Å². The maximum Gasteiger partial charge on any atom is 0.699 e. The predicted octanol–water partition coefficient (Wildman–Crippen LogP) is 2.28. The van der Waals surface area contributed by atoms with E-state index >= 15 is 0 Å². The van der Waals surface area contributed by atoms with Gasteiger partial charge in [-0.15, -0.1) is 9.05 Å². The smallest absolute Gasteiger partial charge is 0.330 e. The first-order valence-electron chi connectivity index (χ1n) is 5.93. The van der Waals surface area contributed by atoms with E-state index in [1.54, 1.807) is 0 Å². The fourth-order valence-corrected chi connectivity index (χ4v) is 1.81. The van der Waals surface area contributed by atoms with E-state index in [1.165, 1.54) is 0 Å². The summed E-state index contributed by atoms with van der Waals surface area (Å²) in [5.74, 6) is 0. The molecule has 0 aromatic rings. The molecule has 0 saturated heterocycles. The van der Waals surface area contributed by atoms with Gasteiger partial charge in [0, 0.05) is 46.3 Å². The molecule has 0 spiro atoms. The SMILES string of the molecule is CCCCO[P+](=O)OC(N)CCCCCN.[Ce]. The van der Waals surface area contributed by atoms with Crippen LogP contribution in [0.25, 0.3) is 0 Å². The van der Waals surface area contributed by atoms with Gasteiger partial charge in [0.05, 0.1) is 0 Å². The van der Waals surface area contributed by atoms with E-state index in [-0.39, 0.29) is 41.7 Å². The van der Waals surface area contributed by atoms with Crippen LogP contribution in [0.5, 0.6) is 0 Å². The Balaban J connectivity index is 0. The monoisotopic (exact) mass is 391 g/mol. The molecule has 0 rings (SSSR count). The summed E-state index contributed by atoms with van der Waals surface area (Å²) in [6, 6.07) is 0. The molecule has 5 nitrogen and oxygen atoms in total. The van der Waals surface area contributed by atoms with Crippen LogP contribution in [0.4, 0.5) is 0 Å². The second kappa shape index (κ2) is 15.4. The average Bonchev–Trinajstić information content (AvgIpc) is 2.25. The Morgan fingerprint density at radius 3 is 2.53 bits per heavy atom. The van der Waals surface area contributed by atoms with Crippen molar-refractivity contribution in [1.29, 1.82) is 0 Å². The van der Waals surface area contributed by atoms with Crippen LogP contribution in [0.2, 0.25) is 0 Å². The van der Waals surface area contributed by atoms with Crippen LogP contribution in [0.3, 0.4) is 0 Å². The van der Waals surface area contributed by atoms with Crippen LogP contribution in [-0.4, -0.2) is 19.4 Å². The minimum Gasteiger partial charge on any atom is -0.330 e. The van der Waals surface area contributed by atoms with E-state index in [4.69, 9.17) is 20.5 Å². The average molecular weight is 391 g/mol.